The van der Waals surface area contributed by atoms with Gasteiger partial charge in [-0.2, -0.15) is 4.98 Å². The summed E-state index contributed by atoms with van der Waals surface area (Å²) >= 11 is 0. The van der Waals surface area contributed by atoms with Crippen molar-refractivity contribution in [3.05, 3.63) is 54.0 Å². The lowest BCUT2D eigenvalue weighted by atomic mass is 10.0. The quantitative estimate of drug-likeness (QED) is 0.450. The Hall–Kier alpha value is -3.19. The van der Waals surface area contributed by atoms with E-state index in [9.17, 15) is 0 Å². The van der Waals surface area contributed by atoms with Crippen molar-refractivity contribution >= 4 is 34.0 Å². The number of pyridine rings is 2. The number of piperazine rings is 1. The predicted molar refractivity (Wildman–Crippen MR) is 138 cm³/mol. The van der Waals surface area contributed by atoms with Crippen molar-refractivity contribution in [2.45, 2.75) is 45.4 Å². The van der Waals surface area contributed by atoms with Crippen molar-refractivity contribution in [3.63, 3.8) is 0 Å². The van der Waals surface area contributed by atoms with Crippen molar-refractivity contribution in [2.75, 3.05) is 42.9 Å². The van der Waals surface area contributed by atoms with E-state index in [-0.39, 0.29) is 0 Å². The van der Waals surface area contributed by atoms with Crippen LogP contribution in [0, 0.1) is 6.92 Å². The van der Waals surface area contributed by atoms with Gasteiger partial charge >= 0.3 is 0 Å². The molecule has 1 aliphatic carbocycles. The van der Waals surface area contributed by atoms with E-state index in [2.05, 4.69) is 68.7 Å². The van der Waals surface area contributed by atoms with E-state index in [1.807, 2.05) is 12.4 Å². The Balaban J connectivity index is 1.28. The molecular formula is C27H33N7. The molecule has 2 aliphatic rings. The van der Waals surface area contributed by atoms with Gasteiger partial charge in [0.25, 0.3) is 0 Å². The van der Waals surface area contributed by atoms with Crippen molar-refractivity contribution in [1.29, 1.82) is 0 Å². The molecule has 6 rings (SSSR count). The first kappa shape index (κ1) is 21.4. The van der Waals surface area contributed by atoms with Crippen molar-refractivity contribution < 1.29 is 0 Å². The first-order chi connectivity index (χ1) is 16.7. The Morgan fingerprint density at radius 3 is 2.53 bits per heavy atom. The number of hydrogen-bond acceptors (Lipinski definition) is 6. The van der Waals surface area contributed by atoms with Crippen LogP contribution in [0.15, 0.2) is 42.7 Å². The minimum atomic E-state index is 0.585. The summed E-state index contributed by atoms with van der Waals surface area (Å²) in [4.78, 5) is 19.2. The van der Waals surface area contributed by atoms with E-state index in [1.165, 1.54) is 48.1 Å². The van der Waals surface area contributed by atoms with Crippen LogP contribution in [0.2, 0.25) is 0 Å². The molecule has 7 heteroatoms. The van der Waals surface area contributed by atoms with Crippen LogP contribution in [-0.2, 0) is 0 Å². The number of aromatic nitrogens is 4. The molecule has 4 aromatic rings. The Morgan fingerprint density at radius 2 is 1.76 bits per heavy atom. The number of anilines is 3. The van der Waals surface area contributed by atoms with Crippen LogP contribution in [0.5, 0.6) is 0 Å². The molecule has 7 nitrogen and oxygen atoms in total. The van der Waals surface area contributed by atoms with Gasteiger partial charge in [0.1, 0.15) is 11.5 Å². The lowest BCUT2D eigenvalue weighted by molar-refractivity contribution is 0.271. The number of fused-ring (bicyclic) bond motifs is 3. The average Bonchev–Trinajstić information content (AvgIpc) is 3.54. The molecule has 1 saturated carbocycles. The second kappa shape index (κ2) is 8.87. The second-order valence-corrected chi connectivity index (χ2v) is 9.71. The van der Waals surface area contributed by atoms with Gasteiger partial charge in [-0.3, -0.25) is 4.40 Å². The molecule has 176 valence electrons. The highest BCUT2D eigenvalue weighted by molar-refractivity contribution is 5.80. The zero-order chi connectivity index (χ0) is 23.1. The molecule has 0 amide bonds. The van der Waals surface area contributed by atoms with Gasteiger partial charge in [-0.05, 0) is 68.1 Å². The van der Waals surface area contributed by atoms with Gasteiger partial charge in [0, 0.05) is 49.0 Å². The molecule has 0 spiro atoms. The van der Waals surface area contributed by atoms with Gasteiger partial charge in [0.15, 0.2) is 0 Å². The Bertz CT molecular complexity index is 1310. The number of nitrogens with zero attached hydrogens (tertiary/aromatic N) is 6. The largest absolute Gasteiger partial charge is 0.368 e. The van der Waals surface area contributed by atoms with Crippen molar-refractivity contribution in [1.82, 2.24) is 24.3 Å². The third-order valence-electron chi connectivity index (χ3n) is 7.64. The molecule has 0 radical (unpaired) electrons. The van der Waals surface area contributed by atoms with Crippen LogP contribution in [0.25, 0.3) is 16.6 Å². The second-order valence-electron chi connectivity index (χ2n) is 9.71. The van der Waals surface area contributed by atoms with Crippen molar-refractivity contribution in [3.8, 4) is 0 Å². The summed E-state index contributed by atoms with van der Waals surface area (Å²) in [6.45, 7) is 9.83. The van der Waals surface area contributed by atoms with Crippen LogP contribution in [0.1, 0.15) is 49.8 Å². The topological polar surface area (TPSA) is 61.6 Å². The molecule has 2 fully saturated rings. The summed E-state index contributed by atoms with van der Waals surface area (Å²) in [5.74, 6) is 1.99. The Labute approximate surface area is 200 Å². The van der Waals surface area contributed by atoms with E-state index in [0.717, 1.165) is 49.6 Å². The molecule has 1 saturated heterocycles. The van der Waals surface area contributed by atoms with Crippen LogP contribution in [-0.4, -0.2) is 57.0 Å². The van der Waals surface area contributed by atoms with Crippen LogP contribution < -0.4 is 10.2 Å². The fraction of sp³-hybridized carbons (Fsp3) is 0.444. The fourth-order valence-corrected chi connectivity index (χ4v) is 5.67. The summed E-state index contributed by atoms with van der Waals surface area (Å²) in [7, 11) is 0. The van der Waals surface area contributed by atoms with Crippen LogP contribution >= 0.6 is 0 Å². The summed E-state index contributed by atoms with van der Waals surface area (Å²) in [6, 6.07) is 10.9. The molecule has 5 heterocycles. The Kier molecular flexibility index (Phi) is 5.57. The van der Waals surface area contributed by atoms with Crippen LogP contribution in [0.4, 0.5) is 17.5 Å². The summed E-state index contributed by atoms with van der Waals surface area (Å²) in [5, 5.41) is 4.41. The molecule has 1 N–H and O–H groups in total. The highest BCUT2D eigenvalue weighted by Gasteiger charge is 2.21. The molecule has 0 bridgehead atoms. The molecule has 0 atom stereocenters. The standard InChI is InChI=1S/C27H33N7/c1-3-32-12-14-33(15-13-32)24-18-28-25(16-19(24)2)30-27-29-17-21-8-9-22-10-11-23(20-6-4-5-7-20)34(22)26(21)31-27/h8-11,16-18,20H,3-7,12-15H2,1-2H3,(H,28,29,30,31). The number of nitrogens with one attached hydrogen (secondary N) is 1. The van der Waals surface area contributed by atoms with E-state index >= 15 is 0 Å². The van der Waals surface area contributed by atoms with Gasteiger partial charge in [-0.15, -0.1) is 0 Å². The van der Waals surface area contributed by atoms with E-state index in [1.54, 1.807) is 0 Å². The maximum Gasteiger partial charge on any atom is 0.230 e. The molecule has 34 heavy (non-hydrogen) atoms. The fourth-order valence-electron chi connectivity index (χ4n) is 5.67. The predicted octanol–water partition coefficient (Wildman–Crippen LogP) is 5.13. The SMILES string of the molecule is CCN1CCN(c2cnc(Nc3ncc4ccc5ccc(C6CCCC6)n5c4n3)cc2C)CC1. The zero-order valence-electron chi connectivity index (χ0n) is 20.2. The lowest BCUT2D eigenvalue weighted by Crippen LogP contribution is -2.46. The molecule has 1 aliphatic heterocycles. The number of rotatable bonds is 5. The maximum atomic E-state index is 4.95. The number of hydrogen-bond donors (Lipinski definition) is 1. The van der Waals surface area contributed by atoms with Gasteiger partial charge in [0.05, 0.1) is 11.9 Å². The summed E-state index contributed by atoms with van der Waals surface area (Å²) in [6.07, 6.45) is 9.07. The minimum absolute atomic E-state index is 0.585. The third-order valence-corrected chi connectivity index (χ3v) is 7.64. The zero-order valence-corrected chi connectivity index (χ0v) is 20.2. The highest BCUT2D eigenvalue weighted by atomic mass is 15.3. The van der Waals surface area contributed by atoms with E-state index in [4.69, 9.17) is 9.97 Å². The summed E-state index contributed by atoms with van der Waals surface area (Å²) in [5.41, 5.74) is 5.98. The van der Waals surface area contributed by atoms with Gasteiger partial charge in [-0.25, -0.2) is 9.97 Å². The first-order valence-electron chi connectivity index (χ1n) is 12.7. The summed E-state index contributed by atoms with van der Waals surface area (Å²) < 4.78 is 2.33. The molecular weight excluding hydrogens is 422 g/mol. The third kappa shape index (κ3) is 3.88. The molecule has 0 unspecified atom stereocenters. The monoisotopic (exact) mass is 455 g/mol. The Morgan fingerprint density at radius 1 is 0.971 bits per heavy atom. The lowest BCUT2D eigenvalue weighted by Gasteiger charge is -2.36. The van der Waals surface area contributed by atoms with Gasteiger partial charge < -0.3 is 15.1 Å². The average molecular weight is 456 g/mol. The molecule has 4 aromatic heterocycles. The van der Waals surface area contributed by atoms with E-state index < -0.39 is 0 Å². The van der Waals surface area contributed by atoms with Crippen LogP contribution in [0.3, 0.4) is 0 Å². The van der Waals surface area contributed by atoms with Crippen molar-refractivity contribution in [2.24, 2.45) is 0 Å². The van der Waals surface area contributed by atoms with Gasteiger partial charge in [0.2, 0.25) is 5.95 Å². The maximum absolute atomic E-state index is 4.95. The van der Waals surface area contributed by atoms with E-state index in [0.29, 0.717) is 11.9 Å². The first-order valence-corrected chi connectivity index (χ1v) is 12.7. The smallest absolute Gasteiger partial charge is 0.230 e. The number of likely N-dealkylation sites (N-methyl/N-ethyl adjacent to an activating group) is 1. The van der Waals surface area contributed by atoms with Gasteiger partial charge in [-0.1, -0.05) is 19.8 Å². The number of aryl methyl sites for hydroxylation is 1. The molecule has 0 aromatic carbocycles. The highest BCUT2D eigenvalue weighted by Crippen LogP contribution is 2.36. The minimum Gasteiger partial charge on any atom is -0.368 e. The normalized spacial score (nSPS) is 17.8.